The van der Waals surface area contributed by atoms with Crippen molar-refractivity contribution in [1.82, 2.24) is 10.2 Å². The van der Waals surface area contributed by atoms with Crippen LogP contribution in [0.4, 0.5) is 0 Å². The molecular weight excluding hydrogens is 226 g/mol. The van der Waals surface area contributed by atoms with E-state index in [2.05, 4.69) is 31.1 Å². The van der Waals surface area contributed by atoms with Gasteiger partial charge < -0.3 is 16.0 Å². The lowest BCUT2D eigenvalue weighted by atomic mass is 9.78. The first-order valence-electron chi connectivity index (χ1n) is 7.14. The lowest BCUT2D eigenvalue weighted by Gasteiger charge is -2.42. The molecule has 1 aliphatic rings. The first-order chi connectivity index (χ1) is 8.45. The summed E-state index contributed by atoms with van der Waals surface area (Å²) in [6.07, 6.45) is 5.14. The van der Waals surface area contributed by atoms with E-state index in [9.17, 15) is 4.79 Å². The number of amides is 1. The Morgan fingerprint density at radius 3 is 2.78 bits per heavy atom. The molecule has 0 heterocycles. The molecule has 0 aliphatic heterocycles. The van der Waals surface area contributed by atoms with Crippen molar-refractivity contribution in [1.29, 1.82) is 0 Å². The van der Waals surface area contributed by atoms with Gasteiger partial charge in [-0.1, -0.05) is 20.3 Å². The van der Waals surface area contributed by atoms with Gasteiger partial charge in [-0.3, -0.25) is 4.79 Å². The highest BCUT2D eigenvalue weighted by Gasteiger charge is 2.41. The molecule has 0 radical (unpaired) electrons. The van der Waals surface area contributed by atoms with Crippen LogP contribution in [-0.4, -0.2) is 43.0 Å². The third kappa shape index (κ3) is 3.45. The van der Waals surface area contributed by atoms with Gasteiger partial charge in [-0.25, -0.2) is 0 Å². The van der Waals surface area contributed by atoms with Crippen LogP contribution in [0, 0.1) is 5.92 Å². The molecule has 0 spiro atoms. The van der Waals surface area contributed by atoms with E-state index in [-0.39, 0.29) is 5.91 Å². The number of hydrogen-bond donors (Lipinski definition) is 2. The Labute approximate surface area is 111 Å². The highest BCUT2D eigenvalue weighted by Crippen LogP contribution is 2.30. The molecule has 1 aliphatic carbocycles. The number of likely N-dealkylation sites (N-methyl/N-ethyl adjacent to an activating group) is 1. The molecule has 106 valence electrons. The number of nitrogens with zero attached hydrogens (tertiary/aromatic N) is 1. The first-order valence-corrected chi connectivity index (χ1v) is 7.14. The SMILES string of the molecule is CCC(C)CN(C)C1CCCC(NC)(C(N)=O)C1. The van der Waals surface area contributed by atoms with E-state index in [1.54, 1.807) is 0 Å². The fourth-order valence-corrected chi connectivity index (χ4v) is 2.97. The molecule has 3 unspecified atom stereocenters. The molecule has 1 amide bonds. The van der Waals surface area contributed by atoms with E-state index >= 15 is 0 Å². The van der Waals surface area contributed by atoms with Crippen LogP contribution in [0.2, 0.25) is 0 Å². The van der Waals surface area contributed by atoms with Gasteiger partial charge in [-0.05, 0) is 45.7 Å². The summed E-state index contributed by atoms with van der Waals surface area (Å²) in [4.78, 5) is 14.1. The zero-order valence-electron chi connectivity index (χ0n) is 12.3. The van der Waals surface area contributed by atoms with Gasteiger partial charge in [0.2, 0.25) is 5.91 Å². The van der Waals surface area contributed by atoms with E-state index < -0.39 is 5.54 Å². The molecule has 4 heteroatoms. The fourth-order valence-electron chi connectivity index (χ4n) is 2.97. The number of carbonyl (C=O) groups excluding carboxylic acids is 1. The van der Waals surface area contributed by atoms with Crippen LogP contribution in [-0.2, 0) is 4.79 Å². The lowest BCUT2D eigenvalue weighted by Crippen LogP contribution is -2.59. The maximum absolute atomic E-state index is 11.7. The molecular formula is C14H29N3O. The molecule has 0 aromatic heterocycles. The summed E-state index contributed by atoms with van der Waals surface area (Å²) in [5, 5.41) is 3.17. The quantitative estimate of drug-likeness (QED) is 0.753. The predicted molar refractivity (Wildman–Crippen MR) is 75.3 cm³/mol. The topological polar surface area (TPSA) is 58.4 Å². The number of carbonyl (C=O) groups is 1. The maximum Gasteiger partial charge on any atom is 0.237 e. The Hall–Kier alpha value is -0.610. The van der Waals surface area contributed by atoms with Crippen molar-refractivity contribution in [2.75, 3.05) is 20.6 Å². The van der Waals surface area contributed by atoms with Crippen LogP contribution < -0.4 is 11.1 Å². The number of hydrogen-bond acceptors (Lipinski definition) is 3. The van der Waals surface area contributed by atoms with Gasteiger partial charge in [0.05, 0.1) is 5.54 Å². The Morgan fingerprint density at radius 2 is 2.28 bits per heavy atom. The van der Waals surface area contributed by atoms with Crippen LogP contribution in [0.5, 0.6) is 0 Å². The average molecular weight is 255 g/mol. The zero-order valence-corrected chi connectivity index (χ0v) is 12.3. The molecule has 18 heavy (non-hydrogen) atoms. The van der Waals surface area contributed by atoms with Crippen molar-refractivity contribution in [3.05, 3.63) is 0 Å². The molecule has 0 aromatic carbocycles. The van der Waals surface area contributed by atoms with E-state index in [0.29, 0.717) is 12.0 Å². The second-order valence-corrected chi connectivity index (χ2v) is 5.90. The van der Waals surface area contributed by atoms with Crippen LogP contribution >= 0.6 is 0 Å². The minimum atomic E-state index is -0.493. The predicted octanol–water partition coefficient (Wildman–Crippen LogP) is 1.35. The second kappa shape index (κ2) is 6.53. The number of primary amides is 1. The number of nitrogens with two attached hydrogens (primary N) is 1. The van der Waals surface area contributed by atoms with Gasteiger partial charge in [0.15, 0.2) is 0 Å². The largest absolute Gasteiger partial charge is 0.368 e. The summed E-state index contributed by atoms with van der Waals surface area (Å²) < 4.78 is 0. The van der Waals surface area contributed by atoms with Crippen molar-refractivity contribution in [3.8, 4) is 0 Å². The Bertz CT molecular complexity index is 282. The molecule has 0 aromatic rings. The van der Waals surface area contributed by atoms with Gasteiger partial charge >= 0.3 is 0 Å². The molecule has 0 bridgehead atoms. The van der Waals surface area contributed by atoms with Crippen molar-refractivity contribution in [2.24, 2.45) is 11.7 Å². The van der Waals surface area contributed by atoms with E-state index in [1.165, 1.54) is 12.8 Å². The Kier molecular flexibility index (Phi) is 5.60. The molecule has 3 atom stereocenters. The maximum atomic E-state index is 11.7. The average Bonchev–Trinajstić information content (AvgIpc) is 2.38. The highest BCUT2D eigenvalue weighted by atomic mass is 16.1. The second-order valence-electron chi connectivity index (χ2n) is 5.90. The van der Waals surface area contributed by atoms with E-state index in [1.807, 2.05) is 7.05 Å². The lowest BCUT2D eigenvalue weighted by molar-refractivity contribution is -0.126. The zero-order chi connectivity index (χ0) is 13.8. The molecule has 1 rings (SSSR count). The molecule has 4 nitrogen and oxygen atoms in total. The van der Waals surface area contributed by atoms with Crippen molar-refractivity contribution >= 4 is 5.91 Å². The minimum absolute atomic E-state index is 0.202. The highest BCUT2D eigenvalue weighted by molar-refractivity contribution is 5.84. The van der Waals surface area contributed by atoms with Gasteiger partial charge in [0, 0.05) is 12.6 Å². The smallest absolute Gasteiger partial charge is 0.237 e. The van der Waals surface area contributed by atoms with E-state index in [0.717, 1.165) is 25.8 Å². The summed E-state index contributed by atoms with van der Waals surface area (Å²) in [7, 11) is 4.02. The summed E-state index contributed by atoms with van der Waals surface area (Å²) in [6, 6.07) is 0.465. The van der Waals surface area contributed by atoms with Crippen LogP contribution in [0.1, 0.15) is 46.0 Å². The standard InChI is InChI=1S/C14H29N3O/c1-5-11(2)10-17(4)12-7-6-8-14(9-12,16-3)13(15)18/h11-12,16H,5-10H2,1-4H3,(H2,15,18). The first kappa shape index (κ1) is 15.4. The van der Waals surface area contributed by atoms with Crippen LogP contribution in [0.15, 0.2) is 0 Å². The van der Waals surface area contributed by atoms with E-state index in [4.69, 9.17) is 5.73 Å². The monoisotopic (exact) mass is 255 g/mol. The van der Waals surface area contributed by atoms with Crippen molar-refractivity contribution in [3.63, 3.8) is 0 Å². The number of nitrogens with one attached hydrogen (secondary N) is 1. The molecule has 3 N–H and O–H groups in total. The molecule has 1 saturated carbocycles. The van der Waals surface area contributed by atoms with Crippen molar-refractivity contribution < 1.29 is 4.79 Å². The summed E-state index contributed by atoms with van der Waals surface area (Å²) in [6.45, 7) is 5.60. The summed E-state index contributed by atoms with van der Waals surface area (Å²) in [5.41, 5.74) is 5.09. The van der Waals surface area contributed by atoms with Gasteiger partial charge in [0.25, 0.3) is 0 Å². The fraction of sp³-hybridized carbons (Fsp3) is 0.929. The van der Waals surface area contributed by atoms with Gasteiger partial charge in [-0.2, -0.15) is 0 Å². The van der Waals surface area contributed by atoms with Crippen molar-refractivity contribution in [2.45, 2.75) is 57.5 Å². The van der Waals surface area contributed by atoms with Gasteiger partial charge in [0.1, 0.15) is 0 Å². The molecule has 1 fully saturated rings. The summed E-state index contributed by atoms with van der Waals surface area (Å²) >= 11 is 0. The van der Waals surface area contributed by atoms with Crippen LogP contribution in [0.25, 0.3) is 0 Å². The van der Waals surface area contributed by atoms with Gasteiger partial charge in [-0.15, -0.1) is 0 Å². The third-order valence-corrected chi connectivity index (χ3v) is 4.60. The number of rotatable bonds is 6. The summed E-state index contributed by atoms with van der Waals surface area (Å²) in [5.74, 6) is 0.501. The normalized spacial score (nSPS) is 30.4. The minimum Gasteiger partial charge on any atom is -0.368 e. The Balaban J connectivity index is 2.65. The van der Waals surface area contributed by atoms with Crippen LogP contribution in [0.3, 0.4) is 0 Å². The Morgan fingerprint density at radius 1 is 1.61 bits per heavy atom. The third-order valence-electron chi connectivity index (χ3n) is 4.60. The molecule has 0 saturated heterocycles.